The zero-order valence-electron chi connectivity index (χ0n) is 15.6. The Kier molecular flexibility index (Phi) is 6.06. The van der Waals surface area contributed by atoms with Crippen LogP contribution in [0.1, 0.15) is 63.5 Å². The summed E-state index contributed by atoms with van der Waals surface area (Å²) in [4.78, 5) is 2.42. The van der Waals surface area contributed by atoms with Crippen molar-refractivity contribution in [3.8, 4) is 0 Å². The number of nitrogens with zero attached hydrogens (tertiary/aromatic N) is 1. The molecule has 0 radical (unpaired) electrons. The fraction of sp³-hybridized carbons (Fsp3) is 0.700. The molecule has 1 aromatic rings. The van der Waals surface area contributed by atoms with Crippen LogP contribution in [0.25, 0.3) is 0 Å². The standard InChI is InChI=1S/C20H28F3NO.ClH/c1-18(2,3)19(25)10-11-24-13-15(6-9-17(24)12-19)14-4-7-16(8-5-14)20(21,22)23;/h4-5,7-8,15,17,25H,6,9-13H2,1-3H3;1H/t15-,17+,19-;/m0./s1. The predicted molar refractivity (Wildman–Crippen MR) is 99.7 cm³/mol. The third-order valence-corrected chi connectivity index (χ3v) is 6.31. The molecule has 2 fully saturated rings. The van der Waals surface area contributed by atoms with Gasteiger partial charge in [-0.2, -0.15) is 13.2 Å². The number of piperidine rings is 2. The normalized spacial score (nSPS) is 30.4. The predicted octanol–water partition coefficient (Wildman–Crippen LogP) is 5.25. The van der Waals surface area contributed by atoms with Crippen molar-refractivity contribution in [2.24, 2.45) is 5.41 Å². The van der Waals surface area contributed by atoms with E-state index < -0.39 is 17.3 Å². The molecule has 2 aliphatic heterocycles. The summed E-state index contributed by atoms with van der Waals surface area (Å²) < 4.78 is 38.2. The summed E-state index contributed by atoms with van der Waals surface area (Å²) in [5.41, 5.74) is -0.361. The van der Waals surface area contributed by atoms with Gasteiger partial charge in [0.05, 0.1) is 11.2 Å². The average Bonchev–Trinajstić information content (AvgIpc) is 2.52. The van der Waals surface area contributed by atoms with Crippen LogP contribution < -0.4 is 0 Å². The van der Waals surface area contributed by atoms with Gasteiger partial charge in [0.1, 0.15) is 0 Å². The lowest BCUT2D eigenvalue weighted by molar-refractivity contribution is -0.137. The van der Waals surface area contributed by atoms with Crippen LogP contribution in [0.2, 0.25) is 0 Å². The first-order valence-electron chi connectivity index (χ1n) is 9.13. The molecule has 2 saturated heterocycles. The van der Waals surface area contributed by atoms with Gasteiger partial charge in [-0.25, -0.2) is 0 Å². The van der Waals surface area contributed by atoms with Gasteiger partial charge in [-0.15, -0.1) is 12.4 Å². The highest BCUT2D eigenvalue weighted by Crippen LogP contribution is 2.44. The topological polar surface area (TPSA) is 23.5 Å². The number of benzene rings is 1. The van der Waals surface area contributed by atoms with Crippen molar-refractivity contribution < 1.29 is 18.3 Å². The highest BCUT2D eigenvalue weighted by atomic mass is 35.5. The summed E-state index contributed by atoms with van der Waals surface area (Å²) in [6, 6.07) is 6.02. The summed E-state index contributed by atoms with van der Waals surface area (Å²) >= 11 is 0. The molecule has 0 saturated carbocycles. The van der Waals surface area contributed by atoms with E-state index in [9.17, 15) is 18.3 Å². The first-order valence-corrected chi connectivity index (χ1v) is 9.13. The van der Waals surface area contributed by atoms with E-state index in [1.165, 1.54) is 12.1 Å². The van der Waals surface area contributed by atoms with E-state index in [1.807, 2.05) is 0 Å². The maximum Gasteiger partial charge on any atom is 0.416 e. The average molecular weight is 392 g/mol. The highest BCUT2D eigenvalue weighted by molar-refractivity contribution is 5.85. The van der Waals surface area contributed by atoms with Crippen LogP contribution in [0.3, 0.4) is 0 Å². The lowest BCUT2D eigenvalue weighted by Gasteiger charge is -2.52. The number of fused-ring (bicyclic) bond motifs is 1. The molecule has 148 valence electrons. The third kappa shape index (κ3) is 4.20. The summed E-state index contributed by atoms with van der Waals surface area (Å²) in [5.74, 6) is 0.277. The second-order valence-corrected chi connectivity index (χ2v) is 8.78. The Morgan fingerprint density at radius 1 is 1.08 bits per heavy atom. The van der Waals surface area contributed by atoms with Gasteiger partial charge in [-0.1, -0.05) is 32.9 Å². The summed E-state index contributed by atoms with van der Waals surface area (Å²) in [5, 5.41) is 11.0. The molecule has 3 rings (SSSR count). The monoisotopic (exact) mass is 391 g/mol. The van der Waals surface area contributed by atoms with E-state index in [0.717, 1.165) is 44.3 Å². The zero-order chi connectivity index (χ0) is 18.5. The summed E-state index contributed by atoms with van der Waals surface area (Å²) in [6.07, 6.45) is -0.778. The molecule has 1 N–H and O–H groups in total. The molecule has 0 spiro atoms. The van der Waals surface area contributed by atoms with Crippen LogP contribution in [0.4, 0.5) is 13.2 Å². The maximum absolute atomic E-state index is 12.7. The van der Waals surface area contributed by atoms with Crippen molar-refractivity contribution in [3.05, 3.63) is 35.4 Å². The first-order chi connectivity index (χ1) is 11.5. The molecule has 6 heteroatoms. The van der Waals surface area contributed by atoms with Gasteiger partial charge in [-0.05, 0) is 54.7 Å². The molecule has 0 aromatic heterocycles. The number of halogens is 4. The van der Waals surface area contributed by atoms with Gasteiger partial charge < -0.3 is 5.11 Å². The van der Waals surface area contributed by atoms with Gasteiger partial charge in [0.2, 0.25) is 0 Å². The molecule has 3 atom stereocenters. The Labute approximate surface area is 160 Å². The van der Waals surface area contributed by atoms with E-state index in [4.69, 9.17) is 0 Å². The second-order valence-electron chi connectivity index (χ2n) is 8.78. The van der Waals surface area contributed by atoms with Crippen LogP contribution >= 0.6 is 12.4 Å². The van der Waals surface area contributed by atoms with Crippen LogP contribution in [-0.2, 0) is 6.18 Å². The Morgan fingerprint density at radius 3 is 2.23 bits per heavy atom. The molecule has 0 amide bonds. The van der Waals surface area contributed by atoms with Gasteiger partial charge in [-0.3, -0.25) is 4.90 Å². The minimum absolute atomic E-state index is 0. The Hall–Kier alpha value is -0.780. The molecular formula is C20H29ClF3NO. The molecule has 26 heavy (non-hydrogen) atoms. The van der Waals surface area contributed by atoms with Crippen molar-refractivity contribution in [3.63, 3.8) is 0 Å². The quantitative estimate of drug-likeness (QED) is 0.707. The van der Waals surface area contributed by atoms with E-state index in [1.54, 1.807) is 12.1 Å². The van der Waals surface area contributed by atoms with Crippen molar-refractivity contribution in [2.45, 2.75) is 70.2 Å². The minimum Gasteiger partial charge on any atom is -0.389 e. The SMILES string of the molecule is CC(C)(C)[C@]1(O)CCN2C[C@@H](c3ccc(C(F)(F)F)cc3)CC[C@@H]2C1.Cl. The number of aliphatic hydroxyl groups is 1. The number of rotatable bonds is 1. The van der Waals surface area contributed by atoms with E-state index >= 15 is 0 Å². The summed E-state index contributed by atoms with van der Waals surface area (Å²) in [6.45, 7) is 8.01. The number of hydrogen-bond acceptors (Lipinski definition) is 2. The van der Waals surface area contributed by atoms with Gasteiger partial charge in [0.25, 0.3) is 0 Å². The molecule has 0 bridgehead atoms. The molecule has 2 heterocycles. The van der Waals surface area contributed by atoms with Crippen LogP contribution in [0.5, 0.6) is 0 Å². The molecule has 0 unspecified atom stereocenters. The second kappa shape index (κ2) is 7.33. The van der Waals surface area contributed by atoms with Crippen LogP contribution in [0, 0.1) is 5.41 Å². The van der Waals surface area contributed by atoms with Crippen molar-refractivity contribution >= 4 is 12.4 Å². The Bertz CT molecular complexity index is 611. The molecular weight excluding hydrogens is 363 g/mol. The number of alkyl halides is 3. The Balaban J connectivity index is 0.00000243. The Morgan fingerprint density at radius 2 is 1.69 bits per heavy atom. The molecule has 1 aromatic carbocycles. The molecule has 2 aliphatic rings. The highest BCUT2D eigenvalue weighted by Gasteiger charge is 2.47. The van der Waals surface area contributed by atoms with Gasteiger partial charge >= 0.3 is 6.18 Å². The van der Waals surface area contributed by atoms with Crippen LogP contribution in [-0.4, -0.2) is 34.7 Å². The largest absolute Gasteiger partial charge is 0.416 e. The van der Waals surface area contributed by atoms with E-state index in [0.29, 0.717) is 6.04 Å². The summed E-state index contributed by atoms with van der Waals surface area (Å²) in [7, 11) is 0. The van der Waals surface area contributed by atoms with Crippen molar-refractivity contribution in [2.75, 3.05) is 13.1 Å². The third-order valence-electron chi connectivity index (χ3n) is 6.31. The fourth-order valence-corrected chi connectivity index (χ4v) is 4.32. The van der Waals surface area contributed by atoms with E-state index in [-0.39, 0.29) is 23.7 Å². The lowest BCUT2D eigenvalue weighted by Crippen LogP contribution is -2.57. The van der Waals surface area contributed by atoms with Crippen LogP contribution in [0.15, 0.2) is 24.3 Å². The first kappa shape index (κ1) is 21.5. The fourth-order valence-electron chi connectivity index (χ4n) is 4.32. The van der Waals surface area contributed by atoms with Gasteiger partial charge in [0, 0.05) is 19.1 Å². The van der Waals surface area contributed by atoms with Crippen molar-refractivity contribution in [1.29, 1.82) is 0 Å². The van der Waals surface area contributed by atoms with Gasteiger partial charge in [0.15, 0.2) is 0 Å². The molecule has 0 aliphatic carbocycles. The number of hydrogen-bond donors (Lipinski definition) is 1. The smallest absolute Gasteiger partial charge is 0.389 e. The minimum atomic E-state index is -4.28. The van der Waals surface area contributed by atoms with E-state index in [2.05, 4.69) is 25.7 Å². The zero-order valence-corrected chi connectivity index (χ0v) is 16.5. The maximum atomic E-state index is 12.7. The molecule has 2 nitrogen and oxygen atoms in total. The lowest BCUT2D eigenvalue weighted by atomic mass is 9.67. The van der Waals surface area contributed by atoms with Crippen molar-refractivity contribution in [1.82, 2.24) is 4.90 Å².